The van der Waals surface area contributed by atoms with Gasteiger partial charge in [-0.05, 0) is 40.5 Å². The normalized spacial score (nSPS) is 11.2. The summed E-state index contributed by atoms with van der Waals surface area (Å²) in [6, 6.07) is 4.48. The third kappa shape index (κ3) is 5.05. The van der Waals surface area contributed by atoms with Gasteiger partial charge in [-0.3, -0.25) is 4.79 Å². The Morgan fingerprint density at radius 2 is 2.11 bits per heavy atom. The Morgan fingerprint density at radius 1 is 1.44 bits per heavy atom. The van der Waals surface area contributed by atoms with Crippen LogP contribution in [0.2, 0.25) is 0 Å². The molecule has 0 aliphatic carbocycles. The number of amides is 1. The molecule has 0 aliphatic rings. The first-order valence-corrected chi connectivity index (χ1v) is 8.09. The van der Waals surface area contributed by atoms with Crippen molar-refractivity contribution in [3.63, 3.8) is 0 Å². The number of phenolic OH excluding ortho intramolecular Hbond substituents is 1. The van der Waals surface area contributed by atoms with E-state index in [0.717, 1.165) is 6.26 Å². The number of hydrogen-bond acceptors (Lipinski definition) is 4. The molecular formula is C11H14BrNO4S. The molecule has 100 valence electrons. The summed E-state index contributed by atoms with van der Waals surface area (Å²) in [4.78, 5) is 11.6. The molecule has 0 fully saturated rings. The molecule has 5 nitrogen and oxygen atoms in total. The van der Waals surface area contributed by atoms with Crippen LogP contribution < -0.4 is 5.32 Å². The number of aromatic hydroxyl groups is 1. The van der Waals surface area contributed by atoms with Gasteiger partial charge in [0.05, 0.1) is 10.2 Å². The molecular weight excluding hydrogens is 322 g/mol. The molecule has 1 rings (SSSR count). The quantitative estimate of drug-likeness (QED) is 0.795. The molecule has 0 atom stereocenters. The molecule has 0 bridgehead atoms. The molecule has 2 N–H and O–H groups in total. The molecule has 7 heteroatoms. The van der Waals surface area contributed by atoms with Crippen molar-refractivity contribution >= 4 is 31.7 Å². The SMILES string of the molecule is CS(=O)(=O)CCCNC(=O)c1ccc(Br)c(O)c1. The zero-order chi connectivity index (χ0) is 13.8. The van der Waals surface area contributed by atoms with Gasteiger partial charge in [-0.25, -0.2) is 8.42 Å². The van der Waals surface area contributed by atoms with Crippen molar-refractivity contribution in [2.75, 3.05) is 18.6 Å². The number of halogens is 1. The predicted octanol–water partition coefficient (Wildman–Crippen LogP) is 1.32. The lowest BCUT2D eigenvalue weighted by Gasteiger charge is -2.05. The van der Waals surface area contributed by atoms with Crippen LogP contribution in [0.3, 0.4) is 0 Å². The van der Waals surface area contributed by atoms with E-state index in [2.05, 4.69) is 21.2 Å². The second kappa shape index (κ2) is 6.19. The Hall–Kier alpha value is -1.08. The molecule has 0 unspecified atom stereocenters. The molecule has 18 heavy (non-hydrogen) atoms. The summed E-state index contributed by atoms with van der Waals surface area (Å²) in [5.74, 6) is -0.316. The zero-order valence-electron chi connectivity index (χ0n) is 9.81. The minimum atomic E-state index is -3.00. The van der Waals surface area contributed by atoms with E-state index < -0.39 is 9.84 Å². The van der Waals surface area contributed by atoms with Crippen LogP contribution in [-0.2, 0) is 9.84 Å². The van der Waals surface area contributed by atoms with Crippen molar-refractivity contribution in [1.29, 1.82) is 0 Å². The van der Waals surface area contributed by atoms with Crippen LogP contribution in [0.5, 0.6) is 5.75 Å². The maximum Gasteiger partial charge on any atom is 0.251 e. The van der Waals surface area contributed by atoms with Crippen molar-refractivity contribution in [2.45, 2.75) is 6.42 Å². The van der Waals surface area contributed by atoms with Crippen molar-refractivity contribution in [3.8, 4) is 5.75 Å². The molecule has 0 radical (unpaired) electrons. The fourth-order valence-corrected chi connectivity index (χ4v) is 2.21. The predicted molar refractivity (Wildman–Crippen MR) is 72.5 cm³/mol. The largest absolute Gasteiger partial charge is 0.507 e. The smallest absolute Gasteiger partial charge is 0.251 e. The maximum atomic E-state index is 11.6. The highest BCUT2D eigenvalue weighted by Gasteiger charge is 2.08. The summed E-state index contributed by atoms with van der Waals surface area (Å²) >= 11 is 3.12. The second-order valence-electron chi connectivity index (χ2n) is 3.91. The van der Waals surface area contributed by atoms with Gasteiger partial charge in [0.25, 0.3) is 5.91 Å². The van der Waals surface area contributed by atoms with Gasteiger partial charge < -0.3 is 10.4 Å². The third-order valence-electron chi connectivity index (χ3n) is 2.19. The Labute approximate surface area is 114 Å². The van der Waals surface area contributed by atoms with Crippen LogP contribution in [0.1, 0.15) is 16.8 Å². The first kappa shape index (κ1) is 15.0. The van der Waals surface area contributed by atoms with E-state index >= 15 is 0 Å². The number of phenols is 1. The standard InChI is InChI=1S/C11H14BrNO4S/c1-18(16,17)6-2-5-13-11(15)8-3-4-9(12)10(14)7-8/h3-4,7,14H,2,5-6H2,1H3,(H,13,15). The molecule has 0 aromatic heterocycles. The minimum absolute atomic E-state index is 0.0150. The fraction of sp³-hybridized carbons (Fsp3) is 0.364. The minimum Gasteiger partial charge on any atom is -0.507 e. The van der Waals surface area contributed by atoms with Gasteiger partial charge in [0.15, 0.2) is 0 Å². The first-order chi connectivity index (χ1) is 8.29. The highest BCUT2D eigenvalue weighted by atomic mass is 79.9. The molecule has 0 saturated carbocycles. The lowest BCUT2D eigenvalue weighted by atomic mass is 10.2. The number of hydrogen-bond donors (Lipinski definition) is 2. The van der Waals surface area contributed by atoms with Crippen molar-refractivity contribution in [3.05, 3.63) is 28.2 Å². The average molecular weight is 336 g/mol. The lowest BCUT2D eigenvalue weighted by Crippen LogP contribution is -2.25. The van der Waals surface area contributed by atoms with Crippen LogP contribution in [0, 0.1) is 0 Å². The molecule has 0 saturated heterocycles. The van der Waals surface area contributed by atoms with Crippen LogP contribution >= 0.6 is 15.9 Å². The van der Waals surface area contributed by atoms with Crippen molar-refractivity contribution in [2.24, 2.45) is 0 Å². The maximum absolute atomic E-state index is 11.6. The summed E-state index contributed by atoms with van der Waals surface area (Å²) in [5, 5.41) is 12.0. The number of sulfone groups is 1. The van der Waals surface area contributed by atoms with Crippen LogP contribution in [0.15, 0.2) is 22.7 Å². The number of benzene rings is 1. The monoisotopic (exact) mass is 335 g/mol. The van der Waals surface area contributed by atoms with Gasteiger partial charge in [0.2, 0.25) is 0 Å². The van der Waals surface area contributed by atoms with Gasteiger partial charge in [0.1, 0.15) is 15.6 Å². The number of nitrogens with one attached hydrogen (secondary N) is 1. The highest BCUT2D eigenvalue weighted by Crippen LogP contribution is 2.24. The highest BCUT2D eigenvalue weighted by molar-refractivity contribution is 9.10. The van der Waals surface area contributed by atoms with Crippen molar-refractivity contribution < 1.29 is 18.3 Å². The first-order valence-electron chi connectivity index (χ1n) is 5.24. The van der Waals surface area contributed by atoms with E-state index in [1.54, 1.807) is 12.1 Å². The molecule has 0 spiro atoms. The van der Waals surface area contributed by atoms with E-state index in [9.17, 15) is 18.3 Å². The summed E-state index contributed by atoms with van der Waals surface area (Å²) < 4.78 is 22.3. The van der Waals surface area contributed by atoms with E-state index in [-0.39, 0.29) is 24.0 Å². The molecule has 0 aliphatic heterocycles. The molecule has 0 heterocycles. The van der Waals surface area contributed by atoms with Gasteiger partial charge in [-0.2, -0.15) is 0 Å². The van der Waals surface area contributed by atoms with E-state index in [0.29, 0.717) is 16.5 Å². The van der Waals surface area contributed by atoms with Gasteiger partial charge in [-0.15, -0.1) is 0 Å². The summed E-state index contributed by atoms with van der Waals surface area (Å²) in [5.41, 5.74) is 0.329. The van der Waals surface area contributed by atoms with Crippen LogP contribution in [0.25, 0.3) is 0 Å². The molecule has 1 aromatic rings. The average Bonchev–Trinajstić information content (AvgIpc) is 2.26. The van der Waals surface area contributed by atoms with E-state index in [1.165, 1.54) is 6.07 Å². The van der Waals surface area contributed by atoms with E-state index in [1.807, 2.05) is 0 Å². The van der Waals surface area contributed by atoms with E-state index in [4.69, 9.17) is 0 Å². The van der Waals surface area contributed by atoms with Gasteiger partial charge in [0, 0.05) is 18.4 Å². The topological polar surface area (TPSA) is 83.5 Å². The summed E-state index contributed by atoms with van der Waals surface area (Å²) in [7, 11) is -3.00. The fourth-order valence-electron chi connectivity index (χ4n) is 1.29. The van der Waals surface area contributed by atoms with Crippen LogP contribution in [-0.4, -0.2) is 38.0 Å². The Bertz CT molecular complexity index is 542. The summed E-state index contributed by atoms with van der Waals surface area (Å²) in [6.07, 6.45) is 1.52. The van der Waals surface area contributed by atoms with Crippen LogP contribution in [0.4, 0.5) is 0 Å². The van der Waals surface area contributed by atoms with Crippen molar-refractivity contribution in [1.82, 2.24) is 5.32 Å². The Morgan fingerprint density at radius 3 is 2.67 bits per heavy atom. The zero-order valence-corrected chi connectivity index (χ0v) is 12.2. The number of rotatable bonds is 5. The van der Waals surface area contributed by atoms with Gasteiger partial charge in [-0.1, -0.05) is 0 Å². The molecule has 1 amide bonds. The third-order valence-corrected chi connectivity index (χ3v) is 3.89. The summed E-state index contributed by atoms with van der Waals surface area (Å²) in [6.45, 7) is 0.280. The Balaban J connectivity index is 2.48. The van der Waals surface area contributed by atoms with Gasteiger partial charge >= 0.3 is 0 Å². The number of carbonyl (C=O) groups excluding carboxylic acids is 1. The Kier molecular flexibility index (Phi) is 5.15. The second-order valence-corrected chi connectivity index (χ2v) is 7.02. The number of carbonyl (C=O) groups is 1. The molecule has 1 aromatic carbocycles. The lowest BCUT2D eigenvalue weighted by molar-refractivity contribution is 0.0953.